The van der Waals surface area contributed by atoms with Crippen molar-refractivity contribution in [2.75, 3.05) is 19.8 Å². The van der Waals surface area contributed by atoms with Gasteiger partial charge in [0.15, 0.2) is 5.11 Å². The third-order valence-electron chi connectivity index (χ3n) is 4.35. The SMILES string of the molecule is CCNC(=S)N/N=C\c1cc(Br)ccc1OCCOc1ccc([C@H](C)CC)cc1. The van der Waals surface area contributed by atoms with Gasteiger partial charge < -0.3 is 14.8 Å². The van der Waals surface area contributed by atoms with Gasteiger partial charge in [-0.25, -0.2) is 0 Å². The molecule has 29 heavy (non-hydrogen) atoms. The molecule has 0 fully saturated rings. The van der Waals surface area contributed by atoms with Gasteiger partial charge in [0, 0.05) is 16.6 Å². The van der Waals surface area contributed by atoms with Gasteiger partial charge in [0.25, 0.3) is 0 Å². The predicted molar refractivity (Wildman–Crippen MR) is 127 cm³/mol. The summed E-state index contributed by atoms with van der Waals surface area (Å²) in [5.74, 6) is 2.13. The number of nitrogens with zero attached hydrogens (tertiary/aromatic N) is 1. The standard InChI is InChI=1S/C22H28BrN3O2S/c1-4-16(3)17-6-9-20(10-7-17)27-12-13-28-21-11-8-19(23)14-18(21)15-25-26-22(29)24-5-2/h6-11,14-16H,4-5,12-13H2,1-3H3,(H2,24,26,29)/b25-15-/t16-/m1/s1. The van der Waals surface area contributed by atoms with E-state index in [1.54, 1.807) is 6.21 Å². The van der Waals surface area contributed by atoms with Crippen LogP contribution in [0.5, 0.6) is 11.5 Å². The maximum absolute atomic E-state index is 5.88. The van der Waals surface area contributed by atoms with Crippen molar-refractivity contribution in [1.82, 2.24) is 10.7 Å². The van der Waals surface area contributed by atoms with Crippen LogP contribution in [-0.4, -0.2) is 31.1 Å². The Morgan fingerprint density at radius 2 is 1.86 bits per heavy atom. The molecule has 0 radical (unpaired) electrons. The van der Waals surface area contributed by atoms with Crippen LogP contribution in [0, 0.1) is 0 Å². The molecule has 0 bridgehead atoms. The summed E-state index contributed by atoms with van der Waals surface area (Å²) in [5, 5.41) is 7.61. The van der Waals surface area contributed by atoms with Gasteiger partial charge in [-0.1, -0.05) is 41.9 Å². The van der Waals surface area contributed by atoms with E-state index in [0.717, 1.165) is 34.5 Å². The first-order valence-corrected chi connectivity index (χ1v) is 11.0. The maximum Gasteiger partial charge on any atom is 0.186 e. The fourth-order valence-electron chi connectivity index (χ4n) is 2.55. The van der Waals surface area contributed by atoms with Gasteiger partial charge in [0.2, 0.25) is 0 Å². The number of ether oxygens (including phenoxy) is 2. The minimum Gasteiger partial charge on any atom is -0.490 e. The van der Waals surface area contributed by atoms with E-state index >= 15 is 0 Å². The van der Waals surface area contributed by atoms with Gasteiger partial charge in [-0.2, -0.15) is 5.10 Å². The molecule has 2 rings (SSSR count). The molecule has 0 spiro atoms. The van der Waals surface area contributed by atoms with Crippen LogP contribution in [0.3, 0.4) is 0 Å². The molecular formula is C22H28BrN3O2S. The number of hydrazone groups is 1. The molecule has 0 amide bonds. The highest BCUT2D eigenvalue weighted by Crippen LogP contribution is 2.23. The summed E-state index contributed by atoms with van der Waals surface area (Å²) in [6.07, 6.45) is 2.81. The van der Waals surface area contributed by atoms with Gasteiger partial charge in [-0.05, 0) is 67.4 Å². The normalized spacial score (nSPS) is 11.9. The largest absolute Gasteiger partial charge is 0.490 e. The van der Waals surface area contributed by atoms with E-state index in [1.165, 1.54) is 5.56 Å². The summed E-state index contributed by atoms with van der Waals surface area (Å²) in [5.41, 5.74) is 4.95. The predicted octanol–water partition coefficient (Wildman–Crippen LogP) is 5.24. The zero-order chi connectivity index (χ0) is 21.1. The van der Waals surface area contributed by atoms with Crippen molar-refractivity contribution in [3.05, 3.63) is 58.1 Å². The number of halogens is 1. The molecule has 0 aliphatic carbocycles. The molecule has 2 N–H and O–H groups in total. The third-order valence-corrected chi connectivity index (χ3v) is 5.08. The van der Waals surface area contributed by atoms with Crippen LogP contribution < -0.4 is 20.2 Å². The smallest absolute Gasteiger partial charge is 0.186 e. The van der Waals surface area contributed by atoms with Gasteiger partial charge in [0.1, 0.15) is 24.7 Å². The van der Waals surface area contributed by atoms with E-state index in [4.69, 9.17) is 21.7 Å². The van der Waals surface area contributed by atoms with Crippen LogP contribution in [0.15, 0.2) is 52.0 Å². The monoisotopic (exact) mass is 477 g/mol. The second kappa shape index (κ2) is 12.4. The highest BCUT2D eigenvalue weighted by Gasteiger charge is 2.05. The average Bonchev–Trinajstić information content (AvgIpc) is 2.72. The second-order valence-electron chi connectivity index (χ2n) is 6.49. The third kappa shape index (κ3) is 8.03. The molecule has 5 nitrogen and oxygen atoms in total. The number of nitrogens with one attached hydrogen (secondary N) is 2. The van der Waals surface area contributed by atoms with E-state index in [0.29, 0.717) is 24.2 Å². The minimum absolute atomic E-state index is 0.429. The summed E-state index contributed by atoms with van der Waals surface area (Å²) >= 11 is 8.57. The van der Waals surface area contributed by atoms with Crippen LogP contribution in [0.4, 0.5) is 0 Å². The van der Waals surface area contributed by atoms with Crippen molar-refractivity contribution in [3.63, 3.8) is 0 Å². The highest BCUT2D eigenvalue weighted by molar-refractivity contribution is 9.10. The number of benzene rings is 2. The topological polar surface area (TPSA) is 54.9 Å². The Hall–Kier alpha value is -2.12. The van der Waals surface area contributed by atoms with E-state index < -0.39 is 0 Å². The molecule has 0 saturated heterocycles. The average molecular weight is 478 g/mol. The molecular weight excluding hydrogens is 450 g/mol. The number of thiocarbonyl (C=S) groups is 1. The van der Waals surface area contributed by atoms with Gasteiger partial charge >= 0.3 is 0 Å². The Morgan fingerprint density at radius 3 is 2.55 bits per heavy atom. The Kier molecular flexibility index (Phi) is 9.94. The van der Waals surface area contributed by atoms with Crippen molar-refractivity contribution in [3.8, 4) is 11.5 Å². The van der Waals surface area contributed by atoms with Crippen molar-refractivity contribution in [2.24, 2.45) is 5.10 Å². The van der Waals surface area contributed by atoms with E-state index in [-0.39, 0.29) is 0 Å². The summed E-state index contributed by atoms with van der Waals surface area (Å²) in [4.78, 5) is 0. The molecule has 0 aliphatic rings. The van der Waals surface area contributed by atoms with Gasteiger partial charge in [-0.15, -0.1) is 0 Å². The first-order valence-electron chi connectivity index (χ1n) is 9.75. The number of rotatable bonds is 10. The minimum atomic E-state index is 0.429. The van der Waals surface area contributed by atoms with Gasteiger partial charge in [-0.3, -0.25) is 5.43 Å². The summed E-state index contributed by atoms with van der Waals surface area (Å²) in [6, 6.07) is 14.0. The van der Waals surface area contributed by atoms with E-state index in [2.05, 4.69) is 57.8 Å². The summed E-state index contributed by atoms with van der Waals surface area (Å²) < 4.78 is 12.6. The number of hydrogen-bond acceptors (Lipinski definition) is 4. The highest BCUT2D eigenvalue weighted by atomic mass is 79.9. The Balaban J connectivity index is 1.87. The van der Waals surface area contributed by atoms with Crippen LogP contribution in [0.25, 0.3) is 0 Å². The fraction of sp³-hybridized carbons (Fsp3) is 0.364. The van der Waals surface area contributed by atoms with E-state index in [9.17, 15) is 0 Å². The zero-order valence-corrected chi connectivity index (χ0v) is 19.5. The Labute approximate surface area is 187 Å². The molecule has 0 aromatic heterocycles. The molecule has 2 aromatic rings. The molecule has 0 saturated carbocycles. The van der Waals surface area contributed by atoms with E-state index in [1.807, 2.05) is 37.3 Å². The van der Waals surface area contributed by atoms with Crippen molar-refractivity contribution in [2.45, 2.75) is 33.1 Å². The fourth-order valence-corrected chi connectivity index (χ4v) is 3.13. The first-order chi connectivity index (χ1) is 14.0. The molecule has 1 atom stereocenters. The number of hydrogen-bond donors (Lipinski definition) is 2. The first kappa shape index (κ1) is 23.2. The molecule has 0 aliphatic heterocycles. The molecule has 156 valence electrons. The van der Waals surface area contributed by atoms with Crippen LogP contribution in [0.1, 0.15) is 44.2 Å². The van der Waals surface area contributed by atoms with Crippen molar-refractivity contribution >= 4 is 39.5 Å². The lowest BCUT2D eigenvalue weighted by Crippen LogP contribution is -2.31. The maximum atomic E-state index is 5.88. The summed E-state index contributed by atoms with van der Waals surface area (Å²) in [6.45, 7) is 8.02. The van der Waals surface area contributed by atoms with Crippen molar-refractivity contribution in [1.29, 1.82) is 0 Å². The molecule has 0 unspecified atom stereocenters. The quantitative estimate of drug-likeness (QED) is 0.212. The Morgan fingerprint density at radius 1 is 1.14 bits per heavy atom. The molecule has 0 heterocycles. The van der Waals surface area contributed by atoms with Crippen molar-refractivity contribution < 1.29 is 9.47 Å². The van der Waals surface area contributed by atoms with Crippen LogP contribution in [0.2, 0.25) is 0 Å². The second-order valence-corrected chi connectivity index (χ2v) is 7.81. The lowest BCUT2D eigenvalue weighted by Gasteiger charge is -2.12. The summed E-state index contributed by atoms with van der Waals surface area (Å²) in [7, 11) is 0. The molecule has 2 aromatic carbocycles. The Bertz CT molecular complexity index is 812. The lowest BCUT2D eigenvalue weighted by molar-refractivity contribution is 0.217. The zero-order valence-electron chi connectivity index (χ0n) is 17.1. The van der Waals surface area contributed by atoms with Crippen LogP contribution in [-0.2, 0) is 0 Å². The molecule has 7 heteroatoms. The van der Waals surface area contributed by atoms with Crippen LogP contribution >= 0.6 is 28.1 Å². The van der Waals surface area contributed by atoms with Gasteiger partial charge in [0.05, 0.1) is 6.21 Å². The lowest BCUT2D eigenvalue weighted by atomic mass is 9.99.